The number of fused-ring (bicyclic) bond motifs is 1. The Balaban J connectivity index is 2.01. The number of halogens is 2. The Bertz CT molecular complexity index is 860. The average molecular weight is 364 g/mol. The van der Waals surface area contributed by atoms with Crippen molar-refractivity contribution in [3.8, 4) is 11.5 Å². The normalized spacial score (nSPS) is 15.0. The summed E-state index contributed by atoms with van der Waals surface area (Å²) < 4.78 is 5.75. The maximum atomic E-state index is 12.6. The largest absolute Gasteiger partial charge is 0.507 e. The molecule has 0 amide bonds. The zero-order chi connectivity index (χ0) is 17.4. The molecule has 2 aromatic rings. The third kappa shape index (κ3) is 3.13. The molecule has 0 unspecified atom stereocenters. The Kier molecular flexibility index (Phi) is 4.54. The molecule has 1 aliphatic rings. The van der Waals surface area contributed by atoms with Gasteiger partial charge in [-0.1, -0.05) is 29.3 Å². The van der Waals surface area contributed by atoms with Gasteiger partial charge in [0.1, 0.15) is 11.5 Å². The summed E-state index contributed by atoms with van der Waals surface area (Å²) in [5.41, 5.74) is 1.73. The summed E-state index contributed by atoms with van der Waals surface area (Å²) in [5, 5.41) is 10.9. The SMILES string of the molecule is CN(C)Cc1c(O)ccc2c1O/C(=C/c1ccc(Cl)c(Cl)c1)C2=O. The van der Waals surface area contributed by atoms with Crippen molar-refractivity contribution in [2.45, 2.75) is 6.54 Å². The molecule has 0 aromatic heterocycles. The number of nitrogens with zero attached hydrogens (tertiary/aromatic N) is 1. The van der Waals surface area contributed by atoms with E-state index in [1.54, 1.807) is 30.3 Å². The van der Waals surface area contributed by atoms with E-state index in [4.69, 9.17) is 27.9 Å². The summed E-state index contributed by atoms with van der Waals surface area (Å²) in [6.07, 6.45) is 1.61. The minimum atomic E-state index is -0.226. The van der Waals surface area contributed by atoms with Gasteiger partial charge in [-0.25, -0.2) is 0 Å². The van der Waals surface area contributed by atoms with Crippen LogP contribution in [-0.2, 0) is 6.54 Å². The van der Waals surface area contributed by atoms with Gasteiger partial charge in [0.2, 0.25) is 5.78 Å². The Morgan fingerprint density at radius 2 is 1.92 bits per heavy atom. The number of allylic oxidation sites excluding steroid dienone is 1. The van der Waals surface area contributed by atoms with Gasteiger partial charge in [0.15, 0.2) is 5.76 Å². The van der Waals surface area contributed by atoms with E-state index in [2.05, 4.69) is 0 Å². The third-order valence-electron chi connectivity index (χ3n) is 3.63. The van der Waals surface area contributed by atoms with E-state index in [0.717, 1.165) is 0 Å². The Morgan fingerprint density at radius 1 is 1.17 bits per heavy atom. The minimum absolute atomic E-state index is 0.103. The highest BCUT2D eigenvalue weighted by Crippen LogP contribution is 2.40. The molecule has 0 spiro atoms. The Morgan fingerprint density at radius 3 is 2.58 bits per heavy atom. The summed E-state index contributed by atoms with van der Waals surface area (Å²) >= 11 is 11.9. The molecule has 0 atom stereocenters. The zero-order valence-electron chi connectivity index (χ0n) is 13.1. The van der Waals surface area contributed by atoms with E-state index in [0.29, 0.717) is 39.0 Å². The first kappa shape index (κ1) is 16.8. The first-order valence-corrected chi connectivity index (χ1v) is 8.01. The van der Waals surface area contributed by atoms with Gasteiger partial charge < -0.3 is 14.7 Å². The minimum Gasteiger partial charge on any atom is -0.507 e. The number of hydrogen-bond donors (Lipinski definition) is 1. The van der Waals surface area contributed by atoms with Gasteiger partial charge in [-0.05, 0) is 50.0 Å². The van der Waals surface area contributed by atoms with Crippen molar-refractivity contribution < 1.29 is 14.6 Å². The quantitative estimate of drug-likeness (QED) is 0.822. The number of carbonyl (C=O) groups is 1. The number of phenols is 1. The van der Waals surface area contributed by atoms with E-state index in [9.17, 15) is 9.90 Å². The smallest absolute Gasteiger partial charge is 0.231 e. The number of aromatic hydroxyl groups is 1. The first-order valence-electron chi connectivity index (χ1n) is 7.25. The predicted octanol–water partition coefficient (Wildman–Crippen LogP) is 4.38. The molecular weight excluding hydrogens is 349 g/mol. The van der Waals surface area contributed by atoms with E-state index in [1.807, 2.05) is 19.0 Å². The number of phenolic OH excluding ortho intramolecular Hbond substituents is 1. The van der Waals surface area contributed by atoms with Crippen LogP contribution in [0.25, 0.3) is 6.08 Å². The highest BCUT2D eigenvalue weighted by molar-refractivity contribution is 6.42. The molecule has 4 nitrogen and oxygen atoms in total. The van der Waals surface area contributed by atoms with Crippen LogP contribution in [0.4, 0.5) is 0 Å². The molecule has 0 aliphatic carbocycles. The van der Waals surface area contributed by atoms with Crippen molar-refractivity contribution in [1.29, 1.82) is 0 Å². The Labute approximate surface area is 149 Å². The number of carbonyl (C=O) groups excluding carboxylic acids is 1. The summed E-state index contributed by atoms with van der Waals surface area (Å²) in [5.74, 6) is 0.469. The third-order valence-corrected chi connectivity index (χ3v) is 4.37. The highest BCUT2D eigenvalue weighted by Gasteiger charge is 2.31. The van der Waals surface area contributed by atoms with Gasteiger partial charge in [0.05, 0.1) is 21.2 Å². The van der Waals surface area contributed by atoms with Crippen LogP contribution in [0, 0.1) is 0 Å². The fourth-order valence-electron chi connectivity index (χ4n) is 2.52. The van der Waals surface area contributed by atoms with E-state index >= 15 is 0 Å². The number of ether oxygens (including phenoxy) is 1. The molecule has 3 rings (SSSR count). The van der Waals surface area contributed by atoms with Crippen LogP contribution in [-0.4, -0.2) is 29.9 Å². The van der Waals surface area contributed by atoms with E-state index < -0.39 is 0 Å². The Hall–Kier alpha value is -2.01. The topological polar surface area (TPSA) is 49.8 Å². The molecule has 6 heteroatoms. The maximum Gasteiger partial charge on any atom is 0.231 e. The lowest BCUT2D eigenvalue weighted by molar-refractivity contribution is 0.101. The van der Waals surface area contributed by atoms with Crippen molar-refractivity contribution in [3.63, 3.8) is 0 Å². The van der Waals surface area contributed by atoms with Crippen LogP contribution < -0.4 is 4.74 Å². The number of ketones is 1. The average Bonchev–Trinajstić information content (AvgIpc) is 2.82. The number of rotatable bonds is 3. The summed E-state index contributed by atoms with van der Waals surface area (Å²) in [4.78, 5) is 14.4. The zero-order valence-corrected chi connectivity index (χ0v) is 14.6. The predicted molar refractivity (Wildman–Crippen MR) is 94.9 cm³/mol. The molecule has 24 heavy (non-hydrogen) atoms. The van der Waals surface area contributed by atoms with Crippen LogP contribution in [0.5, 0.6) is 11.5 Å². The van der Waals surface area contributed by atoms with Crippen LogP contribution >= 0.6 is 23.2 Å². The van der Waals surface area contributed by atoms with Gasteiger partial charge in [0.25, 0.3) is 0 Å². The van der Waals surface area contributed by atoms with Gasteiger partial charge in [-0.2, -0.15) is 0 Å². The van der Waals surface area contributed by atoms with Crippen LogP contribution in [0.3, 0.4) is 0 Å². The molecule has 1 N–H and O–H groups in total. The number of hydrogen-bond acceptors (Lipinski definition) is 4. The molecule has 124 valence electrons. The molecule has 0 saturated carbocycles. The van der Waals surface area contributed by atoms with Crippen LogP contribution in [0.1, 0.15) is 21.5 Å². The lowest BCUT2D eigenvalue weighted by Crippen LogP contribution is -2.11. The number of Topliss-reactive ketones (excluding diaryl/α,β-unsaturated/α-hetero) is 1. The van der Waals surface area contributed by atoms with Gasteiger partial charge in [-0.15, -0.1) is 0 Å². The van der Waals surface area contributed by atoms with E-state index in [1.165, 1.54) is 6.07 Å². The molecule has 0 bridgehead atoms. The summed E-state index contributed by atoms with van der Waals surface area (Å²) in [7, 11) is 3.75. The lowest BCUT2D eigenvalue weighted by Gasteiger charge is -2.14. The maximum absolute atomic E-state index is 12.6. The second-order valence-electron chi connectivity index (χ2n) is 5.79. The van der Waals surface area contributed by atoms with Crippen molar-refractivity contribution in [3.05, 3.63) is 62.8 Å². The highest BCUT2D eigenvalue weighted by atomic mass is 35.5. The standard InChI is InChI=1S/C18H15Cl2NO3/c1-21(2)9-12-15(22)6-4-11-17(23)16(24-18(11)12)8-10-3-5-13(19)14(20)7-10/h3-8,22H,9H2,1-2H3/b16-8+. The fraction of sp³-hybridized carbons (Fsp3) is 0.167. The number of benzene rings is 2. The monoisotopic (exact) mass is 363 g/mol. The van der Waals surface area contributed by atoms with Crippen LogP contribution in [0.15, 0.2) is 36.1 Å². The van der Waals surface area contributed by atoms with Gasteiger partial charge in [0, 0.05) is 6.54 Å². The van der Waals surface area contributed by atoms with Gasteiger partial charge in [-0.3, -0.25) is 4.79 Å². The molecule has 2 aromatic carbocycles. The van der Waals surface area contributed by atoms with Gasteiger partial charge >= 0.3 is 0 Å². The molecule has 1 heterocycles. The second kappa shape index (κ2) is 6.48. The molecular formula is C18H15Cl2NO3. The van der Waals surface area contributed by atoms with E-state index in [-0.39, 0.29) is 17.3 Å². The van der Waals surface area contributed by atoms with Crippen molar-refractivity contribution in [1.82, 2.24) is 4.90 Å². The lowest BCUT2D eigenvalue weighted by atomic mass is 10.0. The molecule has 1 aliphatic heterocycles. The first-order chi connectivity index (χ1) is 11.4. The molecule has 0 fully saturated rings. The summed E-state index contributed by atoms with van der Waals surface area (Å²) in [6, 6.07) is 8.16. The van der Waals surface area contributed by atoms with Crippen molar-refractivity contribution >= 4 is 35.1 Å². The molecule has 0 radical (unpaired) electrons. The second-order valence-corrected chi connectivity index (χ2v) is 6.61. The summed E-state index contributed by atoms with van der Waals surface area (Å²) in [6.45, 7) is 0.461. The van der Waals surface area contributed by atoms with Crippen molar-refractivity contribution in [2.24, 2.45) is 0 Å². The fourth-order valence-corrected chi connectivity index (χ4v) is 2.83. The van der Waals surface area contributed by atoms with Crippen molar-refractivity contribution in [2.75, 3.05) is 14.1 Å². The van der Waals surface area contributed by atoms with Crippen LogP contribution in [0.2, 0.25) is 10.0 Å². The molecule has 0 saturated heterocycles.